The summed E-state index contributed by atoms with van der Waals surface area (Å²) in [7, 11) is 0. The molecule has 28 heavy (non-hydrogen) atoms. The summed E-state index contributed by atoms with van der Waals surface area (Å²) in [6.07, 6.45) is -0.247. The molecular formula is C22H23NO3S2. The Morgan fingerprint density at radius 1 is 1.07 bits per heavy atom. The Kier molecular flexibility index (Phi) is 6.01. The molecule has 0 spiro atoms. The van der Waals surface area contributed by atoms with Gasteiger partial charge in [-0.3, -0.25) is 4.79 Å². The summed E-state index contributed by atoms with van der Waals surface area (Å²) in [5, 5.41) is 7.18. The number of carbonyl (C=O) groups excluding carboxylic acids is 2. The molecule has 2 heterocycles. The molecule has 1 aromatic carbocycles. The van der Waals surface area contributed by atoms with Gasteiger partial charge in [-0.05, 0) is 45.7 Å². The molecule has 0 saturated carbocycles. The fraction of sp³-hybridized carbons (Fsp3) is 0.273. The highest BCUT2D eigenvalue weighted by molar-refractivity contribution is 7.15. The van der Waals surface area contributed by atoms with Gasteiger partial charge in [0.05, 0.1) is 11.7 Å². The van der Waals surface area contributed by atoms with Crippen LogP contribution in [0, 0.1) is 20.8 Å². The smallest absolute Gasteiger partial charge is 0.342 e. The topological polar surface area (TPSA) is 55.4 Å². The van der Waals surface area contributed by atoms with Crippen molar-refractivity contribution in [1.82, 2.24) is 0 Å². The van der Waals surface area contributed by atoms with E-state index in [-0.39, 0.29) is 12.0 Å². The number of aryl methyl sites for hydroxylation is 2. The number of benzene rings is 1. The van der Waals surface area contributed by atoms with E-state index < -0.39 is 5.97 Å². The lowest BCUT2D eigenvalue weighted by Gasteiger charge is -2.12. The molecule has 0 aliphatic carbocycles. The first-order chi connectivity index (χ1) is 13.3. The minimum absolute atomic E-state index is 0.210. The second-order valence-electron chi connectivity index (χ2n) is 6.96. The Hall–Kier alpha value is -2.44. The van der Waals surface area contributed by atoms with E-state index in [1.54, 1.807) is 11.3 Å². The highest BCUT2D eigenvalue weighted by atomic mass is 32.1. The van der Waals surface area contributed by atoms with Crippen molar-refractivity contribution in [3.8, 4) is 11.1 Å². The van der Waals surface area contributed by atoms with Gasteiger partial charge < -0.3 is 10.1 Å². The van der Waals surface area contributed by atoms with Crippen molar-refractivity contribution in [1.29, 1.82) is 0 Å². The molecule has 3 rings (SSSR count). The van der Waals surface area contributed by atoms with E-state index in [1.807, 2.05) is 69.6 Å². The van der Waals surface area contributed by atoms with Crippen LogP contribution < -0.4 is 5.32 Å². The van der Waals surface area contributed by atoms with Crippen molar-refractivity contribution < 1.29 is 14.3 Å². The molecule has 0 fully saturated rings. The van der Waals surface area contributed by atoms with Gasteiger partial charge in [0.25, 0.3) is 5.91 Å². The van der Waals surface area contributed by atoms with Crippen LogP contribution in [-0.2, 0) is 4.74 Å². The average Bonchev–Trinajstić information content (AvgIpc) is 3.18. The highest BCUT2D eigenvalue weighted by Gasteiger charge is 2.24. The summed E-state index contributed by atoms with van der Waals surface area (Å²) in [4.78, 5) is 26.7. The second kappa shape index (κ2) is 8.29. The Balaban J connectivity index is 2.02. The van der Waals surface area contributed by atoms with Gasteiger partial charge in [-0.15, -0.1) is 22.7 Å². The van der Waals surface area contributed by atoms with Crippen LogP contribution in [0.2, 0.25) is 0 Å². The van der Waals surface area contributed by atoms with Crippen LogP contribution in [0.5, 0.6) is 0 Å². The number of hydrogen-bond donors (Lipinski definition) is 1. The summed E-state index contributed by atoms with van der Waals surface area (Å²) in [6.45, 7) is 9.55. The standard InChI is InChI=1S/C22H23NO3S2/c1-12(2)26-22(25)19-18(16-8-6-7-13(3)9-16)11-28-21(19)23-20(24)17-10-27-15(5)14(17)4/h6-12H,1-5H3,(H,23,24). The zero-order valence-corrected chi connectivity index (χ0v) is 18.2. The number of ether oxygens (including phenoxy) is 1. The van der Waals surface area contributed by atoms with Gasteiger partial charge in [-0.25, -0.2) is 4.79 Å². The van der Waals surface area contributed by atoms with Crippen LogP contribution in [0.4, 0.5) is 5.00 Å². The van der Waals surface area contributed by atoms with Crippen LogP contribution in [0.25, 0.3) is 11.1 Å². The van der Waals surface area contributed by atoms with Crippen molar-refractivity contribution in [3.05, 3.63) is 62.2 Å². The maximum absolute atomic E-state index is 12.8. The molecule has 3 aromatic rings. The summed E-state index contributed by atoms with van der Waals surface area (Å²) in [5.74, 6) is -0.639. The van der Waals surface area contributed by atoms with Crippen molar-refractivity contribution in [2.45, 2.75) is 40.7 Å². The number of esters is 1. The molecule has 0 bridgehead atoms. The molecule has 6 heteroatoms. The lowest BCUT2D eigenvalue weighted by atomic mass is 10.0. The van der Waals surface area contributed by atoms with Crippen LogP contribution in [-0.4, -0.2) is 18.0 Å². The molecule has 4 nitrogen and oxygen atoms in total. The minimum Gasteiger partial charge on any atom is -0.459 e. The van der Waals surface area contributed by atoms with Crippen LogP contribution in [0.3, 0.4) is 0 Å². The molecule has 0 unspecified atom stereocenters. The van der Waals surface area contributed by atoms with E-state index in [2.05, 4.69) is 5.32 Å². The van der Waals surface area contributed by atoms with E-state index >= 15 is 0 Å². The van der Waals surface area contributed by atoms with Crippen molar-refractivity contribution in [2.24, 2.45) is 0 Å². The van der Waals surface area contributed by atoms with E-state index in [1.165, 1.54) is 11.3 Å². The van der Waals surface area contributed by atoms with Crippen LogP contribution in [0.1, 0.15) is 50.6 Å². The molecule has 2 aromatic heterocycles. The van der Waals surface area contributed by atoms with Crippen LogP contribution >= 0.6 is 22.7 Å². The summed E-state index contributed by atoms with van der Waals surface area (Å²) < 4.78 is 5.46. The van der Waals surface area contributed by atoms with E-state index in [9.17, 15) is 9.59 Å². The van der Waals surface area contributed by atoms with Crippen molar-refractivity contribution in [3.63, 3.8) is 0 Å². The highest BCUT2D eigenvalue weighted by Crippen LogP contribution is 2.37. The van der Waals surface area contributed by atoms with Crippen molar-refractivity contribution >= 4 is 39.6 Å². The molecule has 0 saturated heterocycles. The summed E-state index contributed by atoms with van der Waals surface area (Å²) >= 11 is 2.88. The summed E-state index contributed by atoms with van der Waals surface area (Å²) in [5.41, 5.74) is 4.80. The van der Waals surface area contributed by atoms with Gasteiger partial charge in [-0.2, -0.15) is 0 Å². The Labute approximate surface area is 173 Å². The Morgan fingerprint density at radius 2 is 1.82 bits per heavy atom. The lowest BCUT2D eigenvalue weighted by molar-refractivity contribution is 0.0380. The molecule has 0 radical (unpaired) electrons. The molecule has 0 aliphatic heterocycles. The molecule has 1 N–H and O–H groups in total. The largest absolute Gasteiger partial charge is 0.459 e. The normalized spacial score (nSPS) is 10.9. The number of amides is 1. The first kappa shape index (κ1) is 20.3. The minimum atomic E-state index is -0.429. The zero-order valence-electron chi connectivity index (χ0n) is 16.6. The molecule has 1 amide bonds. The first-order valence-electron chi connectivity index (χ1n) is 9.03. The molecule has 0 aliphatic rings. The van der Waals surface area contributed by atoms with Crippen molar-refractivity contribution in [2.75, 3.05) is 5.32 Å². The Bertz CT molecular complexity index is 1030. The van der Waals surface area contributed by atoms with Crippen LogP contribution in [0.15, 0.2) is 35.0 Å². The van der Waals surface area contributed by atoms with E-state index in [0.29, 0.717) is 16.1 Å². The number of rotatable bonds is 5. The van der Waals surface area contributed by atoms with E-state index in [0.717, 1.165) is 27.1 Å². The fourth-order valence-electron chi connectivity index (χ4n) is 2.86. The van der Waals surface area contributed by atoms with Gasteiger partial charge >= 0.3 is 5.97 Å². The van der Waals surface area contributed by atoms with Gasteiger partial charge in [-0.1, -0.05) is 29.8 Å². The number of hydrogen-bond acceptors (Lipinski definition) is 5. The summed E-state index contributed by atoms with van der Waals surface area (Å²) in [6, 6.07) is 7.94. The number of carbonyl (C=O) groups is 2. The predicted octanol–water partition coefficient (Wildman–Crippen LogP) is 6.22. The average molecular weight is 414 g/mol. The third kappa shape index (κ3) is 4.18. The molecular weight excluding hydrogens is 390 g/mol. The zero-order chi connectivity index (χ0) is 20.4. The number of nitrogens with one attached hydrogen (secondary N) is 1. The quantitative estimate of drug-likeness (QED) is 0.505. The Morgan fingerprint density at radius 3 is 2.43 bits per heavy atom. The second-order valence-corrected chi connectivity index (χ2v) is 8.93. The van der Waals surface area contributed by atoms with Gasteiger partial charge in [0.2, 0.25) is 0 Å². The van der Waals surface area contributed by atoms with Gasteiger partial charge in [0.15, 0.2) is 0 Å². The fourth-order valence-corrected chi connectivity index (χ4v) is 4.68. The van der Waals surface area contributed by atoms with E-state index in [4.69, 9.17) is 4.74 Å². The van der Waals surface area contributed by atoms with Gasteiger partial charge in [0, 0.05) is 21.2 Å². The maximum atomic E-state index is 12.8. The first-order valence-corrected chi connectivity index (χ1v) is 10.8. The third-order valence-electron chi connectivity index (χ3n) is 4.42. The predicted molar refractivity (Wildman–Crippen MR) is 117 cm³/mol. The third-order valence-corrected chi connectivity index (χ3v) is 6.33. The molecule has 0 atom stereocenters. The monoisotopic (exact) mass is 413 g/mol. The number of thiophene rings is 2. The molecule has 146 valence electrons. The number of anilines is 1. The maximum Gasteiger partial charge on any atom is 0.342 e. The van der Waals surface area contributed by atoms with Gasteiger partial charge in [0.1, 0.15) is 10.6 Å². The SMILES string of the molecule is Cc1cccc(-c2csc(NC(=O)c3csc(C)c3C)c2C(=O)OC(C)C)c1. The lowest BCUT2D eigenvalue weighted by Crippen LogP contribution is -2.17.